The smallest absolute Gasteiger partial charge is 0.303 e. The van der Waals surface area contributed by atoms with Crippen molar-refractivity contribution in [1.82, 2.24) is 4.98 Å². The van der Waals surface area contributed by atoms with Crippen LogP contribution in [0.2, 0.25) is 0 Å². The summed E-state index contributed by atoms with van der Waals surface area (Å²) in [6.45, 7) is 6.74. The lowest BCUT2D eigenvalue weighted by atomic mass is 10.1. The molecule has 0 saturated heterocycles. The summed E-state index contributed by atoms with van der Waals surface area (Å²) >= 11 is 1.29. The summed E-state index contributed by atoms with van der Waals surface area (Å²) in [5.41, 5.74) is 0.0417. The number of hydrogen-bond donors (Lipinski definition) is 0. The monoisotopic (exact) mass is 341 g/mol. The number of ether oxygens (including phenoxy) is 2. The highest BCUT2D eigenvalue weighted by Crippen LogP contribution is 2.34. The molecule has 0 radical (unpaired) electrons. The van der Waals surface area contributed by atoms with Gasteiger partial charge in [0.05, 0.1) is 17.0 Å². The average molecular weight is 341 g/mol. The predicted molar refractivity (Wildman–Crippen MR) is 83.6 cm³/mol. The largest absolute Gasteiger partial charge is 0.477 e. The third-order valence-electron chi connectivity index (χ3n) is 3.11. The van der Waals surface area contributed by atoms with Crippen LogP contribution < -0.4 is 4.74 Å². The first-order chi connectivity index (χ1) is 10.8. The molecule has 0 aliphatic carbocycles. The van der Waals surface area contributed by atoms with E-state index in [1.165, 1.54) is 37.3 Å². The lowest BCUT2D eigenvalue weighted by molar-refractivity contribution is -0.146. The standard InChI is InChI=1S/C16H17F2NO3S/c1-5-21-15-9(3)23-16(19-15)11-6-12(17)14(13(18)7-11)8(2)22-10(4)20/h6-8H,5H2,1-4H3. The van der Waals surface area contributed by atoms with Gasteiger partial charge in [0.2, 0.25) is 5.88 Å². The highest BCUT2D eigenvalue weighted by atomic mass is 32.1. The second kappa shape index (κ2) is 7.04. The van der Waals surface area contributed by atoms with Crippen molar-refractivity contribution in [1.29, 1.82) is 0 Å². The molecule has 0 aliphatic rings. The topological polar surface area (TPSA) is 48.4 Å². The first-order valence-electron chi connectivity index (χ1n) is 7.10. The van der Waals surface area contributed by atoms with E-state index in [4.69, 9.17) is 9.47 Å². The van der Waals surface area contributed by atoms with Gasteiger partial charge < -0.3 is 9.47 Å². The van der Waals surface area contributed by atoms with Gasteiger partial charge in [0, 0.05) is 12.5 Å². The van der Waals surface area contributed by atoms with Crippen LogP contribution in [0.4, 0.5) is 8.78 Å². The zero-order valence-electron chi connectivity index (χ0n) is 13.3. The van der Waals surface area contributed by atoms with Crippen LogP contribution in [0.15, 0.2) is 12.1 Å². The Morgan fingerprint density at radius 2 is 1.96 bits per heavy atom. The molecule has 4 nitrogen and oxygen atoms in total. The van der Waals surface area contributed by atoms with Crippen molar-refractivity contribution in [2.75, 3.05) is 6.61 Å². The van der Waals surface area contributed by atoms with E-state index in [2.05, 4.69) is 4.98 Å². The molecule has 1 heterocycles. The first-order valence-corrected chi connectivity index (χ1v) is 7.91. The molecule has 1 unspecified atom stereocenters. The van der Waals surface area contributed by atoms with E-state index in [0.717, 1.165) is 4.88 Å². The van der Waals surface area contributed by atoms with E-state index in [0.29, 0.717) is 23.1 Å². The maximum absolute atomic E-state index is 14.3. The number of halogens is 2. The van der Waals surface area contributed by atoms with Gasteiger partial charge in [0.1, 0.15) is 22.7 Å². The number of carbonyl (C=O) groups excluding carboxylic acids is 1. The number of hydrogen-bond acceptors (Lipinski definition) is 5. The van der Waals surface area contributed by atoms with Crippen molar-refractivity contribution in [3.63, 3.8) is 0 Å². The van der Waals surface area contributed by atoms with E-state index in [1.807, 2.05) is 13.8 Å². The van der Waals surface area contributed by atoms with Crippen LogP contribution in [0.1, 0.15) is 37.3 Å². The SMILES string of the molecule is CCOc1nc(-c2cc(F)c(C(C)OC(C)=O)c(F)c2)sc1C. The number of benzene rings is 1. The van der Waals surface area contributed by atoms with Crippen LogP contribution in [0, 0.1) is 18.6 Å². The summed E-state index contributed by atoms with van der Waals surface area (Å²) in [5, 5.41) is 0.468. The number of nitrogens with zero attached hydrogens (tertiary/aromatic N) is 1. The second-order valence-electron chi connectivity index (χ2n) is 4.92. The molecule has 1 atom stereocenters. The van der Waals surface area contributed by atoms with Crippen LogP contribution in [0.3, 0.4) is 0 Å². The summed E-state index contributed by atoms with van der Waals surface area (Å²) in [6.07, 6.45) is -1.00. The van der Waals surface area contributed by atoms with Crippen LogP contribution in [0.25, 0.3) is 10.6 Å². The Morgan fingerprint density at radius 1 is 1.35 bits per heavy atom. The van der Waals surface area contributed by atoms with E-state index >= 15 is 0 Å². The molecule has 0 bridgehead atoms. The number of aryl methyl sites for hydroxylation is 1. The van der Waals surface area contributed by atoms with Crippen LogP contribution in [0.5, 0.6) is 5.88 Å². The molecule has 2 aromatic rings. The summed E-state index contributed by atoms with van der Waals surface area (Å²) < 4.78 is 38.7. The maximum atomic E-state index is 14.3. The van der Waals surface area contributed by atoms with Gasteiger partial charge in [-0.3, -0.25) is 4.79 Å². The molecular formula is C16H17F2NO3S. The molecule has 1 aromatic carbocycles. The Bertz CT molecular complexity index is 707. The third-order valence-corrected chi connectivity index (χ3v) is 4.11. The summed E-state index contributed by atoms with van der Waals surface area (Å²) in [4.78, 5) is 16.0. The van der Waals surface area contributed by atoms with Crippen molar-refractivity contribution in [3.8, 4) is 16.5 Å². The maximum Gasteiger partial charge on any atom is 0.303 e. The number of rotatable bonds is 5. The average Bonchev–Trinajstić information content (AvgIpc) is 2.79. The zero-order chi connectivity index (χ0) is 17.1. The van der Waals surface area contributed by atoms with Gasteiger partial charge in [0.15, 0.2) is 0 Å². The summed E-state index contributed by atoms with van der Waals surface area (Å²) in [5.74, 6) is -1.69. The highest BCUT2D eigenvalue weighted by Gasteiger charge is 2.21. The molecule has 1 aromatic heterocycles. The minimum Gasteiger partial charge on any atom is -0.477 e. The van der Waals surface area contributed by atoms with Gasteiger partial charge >= 0.3 is 5.97 Å². The molecule has 0 saturated carbocycles. The molecular weight excluding hydrogens is 324 g/mol. The molecule has 0 amide bonds. The molecule has 7 heteroatoms. The molecule has 0 aliphatic heterocycles. The van der Waals surface area contributed by atoms with Crippen molar-refractivity contribution in [2.24, 2.45) is 0 Å². The number of carbonyl (C=O) groups is 1. The number of aromatic nitrogens is 1. The minimum absolute atomic E-state index is 0.276. The molecule has 0 spiro atoms. The van der Waals surface area contributed by atoms with Crippen molar-refractivity contribution in [2.45, 2.75) is 33.8 Å². The van der Waals surface area contributed by atoms with Gasteiger partial charge in [-0.05, 0) is 32.9 Å². The van der Waals surface area contributed by atoms with Crippen LogP contribution >= 0.6 is 11.3 Å². The summed E-state index contributed by atoms with van der Waals surface area (Å²) in [6, 6.07) is 2.37. The Kier molecular flexibility index (Phi) is 5.30. The highest BCUT2D eigenvalue weighted by molar-refractivity contribution is 7.15. The fraction of sp³-hybridized carbons (Fsp3) is 0.375. The molecule has 0 fully saturated rings. The van der Waals surface area contributed by atoms with Crippen LogP contribution in [-0.2, 0) is 9.53 Å². The van der Waals surface area contributed by atoms with Gasteiger partial charge in [-0.15, -0.1) is 11.3 Å². The van der Waals surface area contributed by atoms with E-state index < -0.39 is 23.7 Å². The zero-order valence-corrected chi connectivity index (χ0v) is 14.1. The Labute approximate surface area is 137 Å². The quantitative estimate of drug-likeness (QED) is 0.756. The number of esters is 1. The van der Waals surface area contributed by atoms with Gasteiger partial charge in [-0.2, -0.15) is 0 Å². The van der Waals surface area contributed by atoms with E-state index in [-0.39, 0.29) is 5.56 Å². The van der Waals surface area contributed by atoms with E-state index in [9.17, 15) is 13.6 Å². The van der Waals surface area contributed by atoms with Gasteiger partial charge in [-0.1, -0.05) is 0 Å². The molecule has 124 valence electrons. The lowest BCUT2D eigenvalue weighted by Crippen LogP contribution is -2.09. The molecule has 2 rings (SSSR count). The number of thiazole rings is 1. The van der Waals surface area contributed by atoms with Crippen molar-refractivity contribution in [3.05, 3.63) is 34.2 Å². The predicted octanol–water partition coefficient (Wildman–Crippen LogP) is 4.42. The Balaban J connectivity index is 2.39. The summed E-state index contributed by atoms with van der Waals surface area (Å²) in [7, 11) is 0. The first kappa shape index (κ1) is 17.3. The fourth-order valence-corrected chi connectivity index (χ4v) is 3.03. The van der Waals surface area contributed by atoms with Gasteiger partial charge in [0.25, 0.3) is 0 Å². The second-order valence-corrected chi connectivity index (χ2v) is 6.12. The van der Waals surface area contributed by atoms with Crippen LogP contribution in [-0.4, -0.2) is 17.6 Å². The molecule has 0 N–H and O–H groups in total. The van der Waals surface area contributed by atoms with Crippen molar-refractivity contribution < 1.29 is 23.0 Å². The third kappa shape index (κ3) is 3.85. The fourth-order valence-electron chi connectivity index (χ4n) is 2.18. The van der Waals surface area contributed by atoms with Gasteiger partial charge in [-0.25, -0.2) is 13.8 Å². The Morgan fingerprint density at radius 3 is 2.48 bits per heavy atom. The van der Waals surface area contributed by atoms with Crippen molar-refractivity contribution >= 4 is 17.3 Å². The minimum atomic E-state index is -1.00. The van der Waals surface area contributed by atoms with E-state index in [1.54, 1.807) is 0 Å². The molecule has 23 heavy (non-hydrogen) atoms. The lowest BCUT2D eigenvalue weighted by Gasteiger charge is -2.14. The Hall–Kier alpha value is -2.02. The normalized spacial score (nSPS) is 12.1.